The second-order valence-electron chi connectivity index (χ2n) is 7.37. The van der Waals surface area contributed by atoms with Crippen LogP contribution in [0, 0.1) is 5.92 Å². The van der Waals surface area contributed by atoms with Gasteiger partial charge in [-0.3, -0.25) is 14.4 Å². The summed E-state index contributed by atoms with van der Waals surface area (Å²) in [5, 5.41) is -0.111. The van der Waals surface area contributed by atoms with Crippen LogP contribution >= 0.6 is 11.6 Å². The average molecular weight is 404 g/mol. The van der Waals surface area contributed by atoms with Gasteiger partial charge in [-0.2, -0.15) is 0 Å². The lowest BCUT2D eigenvalue weighted by Gasteiger charge is -2.34. The van der Waals surface area contributed by atoms with E-state index in [1.165, 1.54) is 6.92 Å². The Hall–Kier alpha value is -2.40. The van der Waals surface area contributed by atoms with Crippen molar-refractivity contribution in [3.05, 3.63) is 58.0 Å². The molecule has 0 aromatic rings. The molecule has 0 aromatic heterocycles. The molecule has 0 spiro atoms. The molecular formula is C22H26ClNO4. The summed E-state index contributed by atoms with van der Waals surface area (Å²) in [6.07, 6.45) is 10.5. The molecule has 28 heavy (non-hydrogen) atoms. The minimum absolute atomic E-state index is 0.111. The fourth-order valence-corrected chi connectivity index (χ4v) is 3.44. The topological polar surface area (TPSA) is 63.7 Å². The molecule has 0 saturated heterocycles. The summed E-state index contributed by atoms with van der Waals surface area (Å²) in [6, 6.07) is 0. The lowest BCUT2D eigenvalue weighted by molar-refractivity contribution is -0.167. The molecule has 0 fully saturated rings. The van der Waals surface area contributed by atoms with Crippen LogP contribution < -0.4 is 0 Å². The van der Waals surface area contributed by atoms with Crippen molar-refractivity contribution < 1.29 is 19.1 Å². The molecule has 2 rings (SSSR count). The summed E-state index contributed by atoms with van der Waals surface area (Å²) in [6.45, 7) is 8.75. The first-order valence-corrected chi connectivity index (χ1v) is 9.61. The number of nitrogens with zero attached hydrogens (tertiary/aromatic N) is 1. The monoisotopic (exact) mass is 403 g/mol. The second-order valence-corrected chi connectivity index (χ2v) is 7.74. The van der Waals surface area contributed by atoms with Crippen molar-refractivity contribution in [2.24, 2.45) is 5.92 Å². The summed E-state index contributed by atoms with van der Waals surface area (Å²) in [7, 11) is 1.80. The number of likely N-dealkylation sites (N-methyl/N-ethyl adjacent to an activating group) is 1. The van der Waals surface area contributed by atoms with E-state index in [1.54, 1.807) is 24.2 Å². The second kappa shape index (κ2) is 8.31. The van der Waals surface area contributed by atoms with Crippen molar-refractivity contribution in [1.82, 2.24) is 4.90 Å². The summed E-state index contributed by atoms with van der Waals surface area (Å²) in [5.74, 6) is -1.52. The van der Waals surface area contributed by atoms with E-state index >= 15 is 0 Å². The van der Waals surface area contributed by atoms with Crippen LogP contribution in [0.15, 0.2) is 58.0 Å². The third-order valence-electron chi connectivity index (χ3n) is 4.92. The summed E-state index contributed by atoms with van der Waals surface area (Å²) in [4.78, 5) is 38.7. The molecule has 1 unspecified atom stereocenters. The van der Waals surface area contributed by atoms with Crippen molar-refractivity contribution in [3.8, 4) is 0 Å². The Morgan fingerprint density at radius 3 is 2.54 bits per heavy atom. The van der Waals surface area contributed by atoms with Crippen LogP contribution in [-0.2, 0) is 19.1 Å². The van der Waals surface area contributed by atoms with E-state index in [2.05, 4.69) is 19.9 Å². The minimum Gasteiger partial charge on any atom is -0.443 e. The predicted molar refractivity (Wildman–Crippen MR) is 109 cm³/mol. The van der Waals surface area contributed by atoms with E-state index in [9.17, 15) is 14.4 Å². The molecule has 1 heterocycles. The van der Waals surface area contributed by atoms with Crippen LogP contribution in [0.5, 0.6) is 0 Å². The van der Waals surface area contributed by atoms with Gasteiger partial charge in [-0.25, -0.2) is 0 Å². The van der Waals surface area contributed by atoms with Crippen LogP contribution in [0.4, 0.5) is 0 Å². The zero-order chi connectivity index (χ0) is 21.2. The molecule has 0 radical (unpaired) electrons. The fraction of sp³-hybridized carbons (Fsp3) is 0.409. The molecule has 0 saturated carbocycles. The van der Waals surface area contributed by atoms with Crippen molar-refractivity contribution in [3.63, 3.8) is 0 Å². The summed E-state index contributed by atoms with van der Waals surface area (Å²) >= 11 is 6.28. The van der Waals surface area contributed by atoms with Gasteiger partial charge in [0, 0.05) is 37.0 Å². The number of fused-ring (bicyclic) bond motifs is 1. The van der Waals surface area contributed by atoms with Gasteiger partial charge < -0.3 is 9.64 Å². The van der Waals surface area contributed by atoms with Crippen molar-refractivity contribution in [1.29, 1.82) is 0 Å². The fourth-order valence-electron chi connectivity index (χ4n) is 3.10. The SMILES string of the molecule is CCC(C)/C=C(C)/C=C/C1=CC2=C(Cl)C(=O)[C@](C)(OC(C)=O)C(=O)C2=CN1C. The van der Waals surface area contributed by atoms with Crippen molar-refractivity contribution in [2.75, 3.05) is 7.05 Å². The van der Waals surface area contributed by atoms with E-state index in [0.717, 1.165) is 24.6 Å². The van der Waals surface area contributed by atoms with E-state index in [4.69, 9.17) is 16.3 Å². The zero-order valence-electron chi connectivity index (χ0n) is 17.1. The molecule has 2 aliphatic rings. The third kappa shape index (κ3) is 4.20. The first-order valence-electron chi connectivity index (χ1n) is 9.23. The molecule has 0 bridgehead atoms. The Bertz CT molecular complexity index is 875. The third-order valence-corrected chi connectivity index (χ3v) is 5.29. The highest BCUT2D eigenvalue weighted by atomic mass is 35.5. The van der Waals surface area contributed by atoms with Gasteiger partial charge in [0.15, 0.2) is 0 Å². The minimum atomic E-state index is -1.93. The van der Waals surface area contributed by atoms with Gasteiger partial charge in [-0.05, 0) is 31.9 Å². The van der Waals surface area contributed by atoms with E-state index < -0.39 is 23.1 Å². The van der Waals surface area contributed by atoms with Crippen LogP contribution in [0.25, 0.3) is 0 Å². The van der Waals surface area contributed by atoms with Crippen LogP contribution in [0.1, 0.15) is 41.0 Å². The van der Waals surface area contributed by atoms with E-state index in [-0.39, 0.29) is 10.6 Å². The Balaban J connectivity index is 2.44. The number of hydrogen-bond donors (Lipinski definition) is 0. The number of carbonyl (C=O) groups excluding carboxylic acids is 3. The number of Topliss-reactive ketones (excluding diaryl/α,β-unsaturated/α-hetero) is 2. The zero-order valence-corrected chi connectivity index (χ0v) is 17.9. The number of hydrogen-bond acceptors (Lipinski definition) is 5. The number of halogens is 1. The van der Waals surface area contributed by atoms with Crippen LogP contribution in [-0.4, -0.2) is 35.1 Å². The Kier molecular flexibility index (Phi) is 6.50. The quantitative estimate of drug-likeness (QED) is 0.391. The molecule has 0 N–H and O–H groups in total. The van der Waals surface area contributed by atoms with Gasteiger partial charge in [0.25, 0.3) is 0 Å². The first-order chi connectivity index (χ1) is 13.0. The predicted octanol–water partition coefficient (Wildman–Crippen LogP) is 4.21. The van der Waals surface area contributed by atoms with E-state index in [0.29, 0.717) is 11.5 Å². The number of ether oxygens (including phenoxy) is 1. The van der Waals surface area contributed by atoms with Crippen LogP contribution in [0.3, 0.4) is 0 Å². The molecular weight excluding hydrogens is 378 g/mol. The molecule has 0 amide bonds. The largest absolute Gasteiger partial charge is 0.443 e. The van der Waals surface area contributed by atoms with Crippen molar-refractivity contribution >= 4 is 29.1 Å². The molecule has 1 aliphatic heterocycles. The van der Waals surface area contributed by atoms with E-state index in [1.807, 2.05) is 19.1 Å². The maximum atomic E-state index is 12.9. The summed E-state index contributed by atoms with van der Waals surface area (Å²) < 4.78 is 5.05. The smallest absolute Gasteiger partial charge is 0.304 e. The average Bonchev–Trinajstić information content (AvgIpc) is 2.63. The number of ketones is 2. The van der Waals surface area contributed by atoms with Gasteiger partial charge in [-0.15, -0.1) is 0 Å². The van der Waals surface area contributed by atoms with Crippen LogP contribution in [0.2, 0.25) is 0 Å². The molecule has 2 atom stereocenters. The highest BCUT2D eigenvalue weighted by molar-refractivity contribution is 6.49. The Labute approximate surface area is 171 Å². The van der Waals surface area contributed by atoms with Gasteiger partial charge in [0.2, 0.25) is 17.2 Å². The Morgan fingerprint density at radius 1 is 1.32 bits per heavy atom. The summed E-state index contributed by atoms with van der Waals surface area (Å²) in [5.41, 5.74) is 0.570. The number of esters is 1. The number of allylic oxidation sites excluding steroid dienone is 6. The van der Waals surface area contributed by atoms with Gasteiger partial charge in [-0.1, -0.05) is 49.6 Å². The Morgan fingerprint density at radius 2 is 1.96 bits per heavy atom. The molecule has 5 nitrogen and oxygen atoms in total. The molecule has 0 aromatic carbocycles. The number of rotatable bonds is 5. The van der Waals surface area contributed by atoms with Gasteiger partial charge >= 0.3 is 5.97 Å². The number of carbonyl (C=O) groups is 3. The maximum Gasteiger partial charge on any atom is 0.304 e. The van der Waals surface area contributed by atoms with Gasteiger partial charge in [0.1, 0.15) is 0 Å². The highest BCUT2D eigenvalue weighted by Gasteiger charge is 2.52. The maximum absolute atomic E-state index is 12.9. The standard InChI is InChI=1S/C22H26ClNO4/c1-7-13(2)10-14(3)8-9-16-11-17-18(12-24(16)6)20(26)22(5,28-15(4)25)21(27)19(17)23/h8-13H,7H2,1-6H3/b9-8+,14-10+/t13?,22-/m1/s1. The molecule has 6 heteroatoms. The lowest BCUT2D eigenvalue weighted by atomic mass is 9.79. The molecule has 1 aliphatic carbocycles. The first kappa shape index (κ1) is 21.9. The molecule has 150 valence electrons. The highest BCUT2D eigenvalue weighted by Crippen LogP contribution is 2.39. The lowest BCUT2D eigenvalue weighted by Crippen LogP contribution is -2.51. The van der Waals surface area contributed by atoms with Gasteiger partial charge in [0.05, 0.1) is 5.03 Å². The van der Waals surface area contributed by atoms with Crippen molar-refractivity contribution in [2.45, 2.75) is 46.6 Å². The normalized spacial score (nSPS) is 24.2.